The molecule has 3 atom stereocenters. The van der Waals surface area contributed by atoms with E-state index in [1.165, 1.54) is 18.9 Å². The van der Waals surface area contributed by atoms with Gasteiger partial charge in [0.25, 0.3) is 0 Å². The highest BCUT2D eigenvalue weighted by atomic mass is 16.5. The fraction of sp³-hybridized carbons (Fsp3) is 0.840. The molecule has 34 heavy (non-hydrogen) atoms. The van der Waals surface area contributed by atoms with E-state index < -0.39 is 68.3 Å². The summed E-state index contributed by atoms with van der Waals surface area (Å²) in [5.41, 5.74) is -3.04. The van der Waals surface area contributed by atoms with Gasteiger partial charge in [0.2, 0.25) is 0 Å². The van der Waals surface area contributed by atoms with E-state index in [9.17, 15) is 40.2 Å². The second-order valence-corrected chi connectivity index (χ2v) is 10.2. The molecule has 0 aliphatic carbocycles. The van der Waals surface area contributed by atoms with Crippen LogP contribution in [-0.2, 0) is 14.3 Å². The molecular formula is C25H46O9. The van der Waals surface area contributed by atoms with E-state index in [-0.39, 0.29) is 0 Å². The maximum absolute atomic E-state index is 12.6. The lowest BCUT2D eigenvalue weighted by atomic mass is 9.80. The number of hydrogen-bond donors (Lipinski definition) is 6. The van der Waals surface area contributed by atoms with E-state index >= 15 is 0 Å². The number of carboxylic acids is 1. The van der Waals surface area contributed by atoms with Crippen LogP contribution in [0.25, 0.3) is 0 Å². The molecule has 9 nitrogen and oxygen atoms in total. The molecule has 0 saturated carbocycles. The topological polar surface area (TPSA) is 165 Å². The van der Waals surface area contributed by atoms with Crippen LogP contribution in [0.4, 0.5) is 0 Å². The minimum atomic E-state index is -2.33. The van der Waals surface area contributed by atoms with Crippen molar-refractivity contribution < 1.29 is 45.0 Å². The molecule has 0 amide bonds. The molecule has 9 heteroatoms. The van der Waals surface area contributed by atoms with Crippen molar-refractivity contribution in [2.75, 3.05) is 39.6 Å². The number of aliphatic hydroxyl groups is 5. The second-order valence-electron chi connectivity index (χ2n) is 10.2. The van der Waals surface area contributed by atoms with E-state index in [1.807, 2.05) is 0 Å². The minimum absolute atomic E-state index is 0.434. The van der Waals surface area contributed by atoms with Crippen molar-refractivity contribution in [2.45, 2.75) is 72.3 Å². The summed E-state index contributed by atoms with van der Waals surface area (Å²) in [7, 11) is 0. The van der Waals surface area contributed by atoms with Gasteiger partial charge in [-0.05, 0) is 37.7 Å². The number of ether oxygens (including phenoxy) is 1. The van der Waals surface area contributed by atoms with Gasteiger partial charge in [0.15, 0.2) is 5.78 Å². The van der Waals surface area contributed by atoms with Gasteiger partial charge in [-0.25, -0.2) is 0 Å². The largest absolute Gasteiger partial charge is 0.481 e. The zero-order chi connectivity index (χ0) is 26.4. The fourth-order valence-corrected chi connectivity index (χ4v) is 3.61. The average Bonchev–Trinajstić information content (AvgIpc) is 2.79. The van der Waals surface area contributed by atoms with Crippen LogP contribution < -0.4 is 0 Å². The highest BCUT2D eigenvalue weighted by Crippen LogP contribution is 2.27. The maximum Gasteiger partial charge on any atom is 0.317 e. The first kappa shape index (κ1) is 32.6. The summed E-state index contributed by atoms with van der Waals surface area (Å²) in [6.45, 7) is 4.22. The molecular weight excluding hydrogens is 444 g/mol. The van der Waals surface area contributed by atoms with Gasteiger partial charge in [-0.2, -0.15) is 0 Å². The van der Waals surface area contributed by atoms with E-state index in [4.69, 9.17) is 4.74 Å². The number of ketones is 1. The summed E-state index contributed by atoms with van der Waals surface area (Å²) < 4.78 is 5.25. The highest BCUT2D eigenvalue weighted by Gasteiger charge is 2.49. The lowest BCUT2D eigenvalue weighted by Gasteiger charge is -2.33. The number of carbonyl (C=O) groups excluding carboxylic acids is 1. The Labute approximate surface area is 203 Å². The second kappa shape index (κ2) is 16.3. The molecule has 0 aromatic heterocycles. The Morgan fingerprint density at radius 1 is 0.882 bits per heavy atom. The molecule has 0 aromatic carbocycles. The maximum atomic E-state index is 12.6. The van der Waals surface area contributed by atoms with Crippen molar-refractivity contribution in [3.8, 4) is 0 Å². The monoisotopic (exact) mass is 490 g/mol. The van der Waals surface area contributed by atoms with Crippen molar-refractivity contribution in [1.29, 1.82) is 0 Å². The molecule has 6 N–H and O–H groups in total. The van der Waals surface area contributed by atoms with Crippen LogP contribution in [0.1, 0.15) is 66.2 Å². The molecule has 0 spiro atoms. The molecule has 0 aromatic rings. The van der Waals surface area contributed by atoms with Crippen molar-refractivity contribution in [2.24, 2.45) is 22.7 Å². The van der Waals surface area contributed by atoms with E-state index in [1.54, 1.807) is 6.92 Å². The Balaban J connectivity index is 5.03. The summed E-state index contributed by atoms with van der Waals surface area (Å²) >= 11 is 0. The number of allylic oxidation sites excluding steroid dienone is 1. The van der Waals surface area contributed by atoms with Gasteiger partial charge in [-0.15, -0.1) is 0 Å². The number of rotatable bonds is 20. The van der Waals surface area contributed by atoms with Crippen LogP contribution in [0.5, 0.6) is 0 Å². The lowest BCUT2D eigenvalue weighted by molar-refractivity contribution is -0.174. The molecule has 0 heterocycles. The van der Waals surface area contributed by atoms with Crippen molar-refractivity contribution in [3.63, 3.8) is 0 Å². The Hall–Kier alpha value is -1.36. The normalized spacial score (nSPS) is 16.4. The predicted octanol–water partition coefficient (Wildman–Crippen LogP) is 1.54. The molecule has 0 saturated heterocycles. The van der Waals surface area contributed by atoms with Gasteiger partial charge >= 0.3 is 5.97 Å². The Bertz CT molecular complexity index is 620. The van der Waals surface area contributed by atoms with Crippen molar-refractivity contribution >= 4 is 11.8 Å². The third-order valence-corrected chi connectivity index (χ3v) is 6.41. The van der Waals surface area contributed by atoms with Gasteiger partial charge in [0, 0.05) is 0 Å². The number of aliphatic carboxylic acids is 1. The van der Waals surface area contributed by atoms with Gasteiger partial charge in [-0.3, -0.25) is 9.59 Å². The third-order valence-electron chi connectivity index (χ3n) is 6.41. The van der Waals surface area contributed by atoms with Crippen molar-refractivity contribution in [3.05, 3.63) is 11.6 Å². The molecule has 0 aliphatic rings. The third kappa shape index (κ3) is 10.5. The summed E-state index contributed by atoms with van der Waals surface area (Å²) in [4.78, 5) is 24.5. The Kier molecular flexibility index (Phi) is 15.7. The van der Waals surface area contributed by atoms with Crippen LogP contribution in [0, 0.1) is 22.7 Å². The quantitative estimate of drug-likeness (QED) is 0.139. The molecule has 0 rings (SSSR count). The molecule has 0 bridgehead atoms. The summed E-state index contributed by atoms with van der Waals surface area (Å²) in [6.07, 6.45) is 5.20. The van der Waals surface area contributed by atoms with Gasteiger partial charge in [-0.1, -0.05) is 52.0 Å². The first-order valence-corrected chi connectivity index (χ1v) is 12.1. The average molecular weight is 491 g/mol. The lowest BCUT2D eigenvalue weighted by Crippen LogP contribution is -2.53. The van der Waals surface area contributed by atoms with Crippen LogP contribution in [0.2, 0.25) is 0 Å². The number of aliphatic hydroxyl groups excluding tert-OH is 5. The fourth-order valence-electron chi connectivity index (χ4n) is 3.61. The Morgan fingerprint density at radius 3 is 1.91 bits per heavy atom. The summed E-state index contributed by atoms with van der Waals surface area (Å²) in [5.74, 6) is -1.21. The smallest absolute Gasteiger partial charge is 0.317 e. The SMILES string of the molecule is CC(=CC(=O)C(O)C(CO)(COCC(CO)(CO)CO)C(=O)O)CCCC(C)CCCC(C)C. The van der Waals surface area contributed by atoms with Gasteiger partial charge in [0.1, 0.15) is 11.5 Å². The summed E-state index contributed by atoms with van der Waals surface area (Å²) in [5, 5.41) is 58.1. The predicted molar refractivity (Wildman–Crippen MR) is 128 cm³/mol. The first-order chi connectivity index (χ1) is 15.9. The van der Waals surface area contributed by atoms with Crippen LogP contribution in [0.15, 0.2) is 11.6 Å². The van der Waals surface area contributed by atoms with Crippen LogP contribution in [0.3, 0.4) is 0 Å². The van der Waals surface area contributed by atoms with Gasteiger partial charge in [0.05, 0.1) is 45.1 Å². The number of hydrogen-bond acceptors (Lipinski definition) is 8. The van der Waals surface area contributed by atoms with Crippen molar-refractivity contribution in [1.82, 2.24) is 0 Å². The Morgan fingerprint density at radius 2 is 1.44 bits per heavy atom. The van der Waals surface area contributed by atoms with E-state index in [0.29, 0.717) is 23.8 Å². The number of carboxylic acid groups (broad SMARTS) is 1. The first-order valence-electron chi connectivity index (χ1n) is 12.1. The molecule has 0 fully saturated rings. The summed E-state index contributed by atoms with van der Waals surface area (Å²) in [6, 6.07) is 0. The molecule has 0 radical (unpaired) electrons. The highest BCUT2D eigenvalue weighted by molar-refractivity contribution is 5.98. The molecule has 0 aliphatic heterocycles. The van der Waals surface area contributed by atoms with E-state index in [0.717, 1.165) is 19.3 Å². The van der Waals surface area contributed by atoms with Crippen LogP contribution >= 0.6 is 0 Å². The van der Waals surface area contributed by atoms with Gasteiger partial charge < -0.3 is 35.4 Å². The zero-order valence-corrected chi connectivity index (χ0v) is 21.2. The molecule has 200 valence electrons. The minimum Gasteiger partial charge on any atom is -0.481 e. The standard InChI is InChI=1S/C25H46O9/c1-18(2)7-5-8-19(3)9-6-10-20(4)11-21(30)22(31)25(15-29,23(32)33)17-34-16-24(12-26,13-27)14-28/h11,18-19,22,26-29,31H,5-10,12-17H2,1-4H3,(H,32,33). The number of carbonyl (C=O) groups is 2. The van der Waals surface area contributed by atoms with Crippen LogP contribution in [-0.4, -0.2) is 88.1 Å². The zero-order valence-electron chi connectivity index (χ0n) is 21.2. The molecule has 3 unspecified atom stereocenters. The van der Waals surface area contributed by atoms with E-state index in [2.05, 4.69) is 20.8 Å².